The van der Waals surface area contributed by atoms with Gasteiger partial charge in [-0.25, -0.2) is 0 Å². The highest BCUT2D eigenvalue weighted by Gasteiger charge is 2.22. The van der Waals surface area contributed by atoms with Crippen molar-refractivity contribution >= 4 is 22.5 Å². The van der Waals surface area contributed by atoms with Crippen LogP contribution in [0.3, 0.4) is 0 Å². The summed E-state index contributed by atoms with van der Waals surface area (Å²) >= 11 is 0. The monoisotopic (exact) mass is 490 g/mol. The summed E-state index contributed by atoms with van der Waals surface area (Å²) in [6, 6.07) is 18.9. The van der Waals surface area contributed by atoms with Gasteiger partial charge in [-0.05, 0) is 42.0 Å². The van der Waals surface area contributed by atoms with Crippen LogP contribution in [0.2, 0.25) is 0 Å². The number of rotatable bonds is 10. The smallest absolute Gasteiger partial charge is 0.247 e. The highest BCUT2D eigenvalue weighted by Crippen LogP contribution is 2.41. The van der Waals surface area contributed by atoms with Crippen molar-refractivity contribution in [3.63, 3.8) is 0 Å². The van der Waals surface area contributed by atoms with Crippen LogP contribution in [-0.4, -0.2) is 46.0 Å². The van der Waals surface area contributed by atoms with E-state index in [2.05, 4.69) is 0 Å². The summed E-state index contributed by atoms with van der Waals surface area (Å²) in [6.07, 6.45) is 1.91. The molecule has 188 valence electrons. The van der Waals surface area contributed by atoms with Crippen LogP contribution in [0, 0.1) is 0 Å². The Morgan fingerprint density at radius 2 is 1.39 bits per heavy atom. The molecule has 0 atom stereocenters. The van der Waals surface area contributed by atoms with Crippen molar-refractivity contribution in [1.29, 1.82) is 0 Å². The molecule has 0 aliphatic rings. The van der Waals surface area contributed by atoms with Crippen molar-refractivity contribution in [2.45, 2.75) is 13.1 Å². The van der Waals surface area contributed by atoms with E-state index in [1.54, 1.807) is 52.6 Å². The molecule has 0 unspecified atom stereocenters. The zero-order chi connectivity index (χ0) is 25.7. The molecule has 4 rings (SSSR count). The second-order valence-corrected chi connectivity index (χ2v) is 8.08. The quantitative estimate of drug-likeness (QED) is 0.314. The number of amides is 1. The average molecular weight is 491 g/mol. The molecule has 0 radical (unpaired) electrons. The third kappa shape index (κ3) is 5.02. The van der Waals surface area contributed by atoms with Gasteiger partial charge in [0.1, 0.15) is 18.0 Å². The number of carbonyl (C=O) groups is 1. The van der Waals surface area contributed by atoms with Gasteiger partial charge in [-0.2, -0.15) is 0 Å². The Morgan fingerprint density at radius 3 is 1.97 bits per heavy atom. The van der Waals surface area contributed by atoms with E-state index >= 15 is 0 Å². The maximum absolute atomic E-state index is 13.8. The summed E-state index contributed by atoms with van der Waals surface area (Å²) in [5.74, 6) is 2.82. The highest BCUT2D eigenvalue weighted by atomic mass is 16.5. The molecule has 0 aliphatic carbocycles. The number of ether oxygens (including phenoxy) is 5. The fourth-order valence-electron chi connectivity index (χ4n) is 4.13. The van der Waals surface area contributed by atoms with Crippen LogP contribution in [0.1, 0.15) is 5.56 Å². The first-order valence-corrected chi connectivity index (χ1v) is 11.4. The normalized spacial score (nSPS) is 10.7. The van der Waals surface area contributed by atoms with Crippen LogP contribution in [0.4, 0.5) is 5.69 Å². The summed E-state index contributed by atoms with van der Waals surface area (Å²) in [5, 5.41) is 0.997. The third-order valence-corrected chi connectivity index (χ3v) is 6.05. The summed E-state index contributed by atoms with van der Waals surface area (Å²) < 4.78 is 29.1. The first-order chi connectivity index (χ1) is 17.5. The fraction of sp³-hybridized carbons (Fsp3) is 0.250. The van der Waals surface area contributed by atoms with Gasteiger partial charge < -0.3 is 33.2 Å². The third-order valence-electron chi connectivity index (χ3n) is 6.05. The van der Waals surface area contributed by atoms with Crippen LogP contribution >= 0.6 is 0 Å². The average Bonchev–Trinajstić information content (AvgIpc) is 3.32. The Morgan fingerprint density at radius 1 is 0.750 bits per heavy atom. The largest absolute Gasteiger partial charge is 0.497 e. The summed E-state index contributed by atoms with van der Waals surface area (Å²) in [4.78, 5) is 15.5. The lowest BCUT2D eigenvalue weighted by Gasteiger charge is -2.25. The lowest BCUT2D eigenvalue weighted by atomic mass is 10.1. The number of methoxy groups -OCH3 is 5. The fourth-order valence-corrected chi connectivity index (χ4v) is 4.13. The van der Waals surface area contributed by atoms with Crippen LogP contribution in [0.25, 0.3) is 10.9 Å². The molecule has 0 spiro atoms. The molecule has 1 aromatic heterocycles. The number of fused-ring (bicyclic) bond motifs is 1. The van der Waals surface area contributed by atoms with Gasteiger partial charge in [0.15, 0.2) is 11.5 Å². The van der Waals surface area contributed by atoms with Crippen LogP contribution in [0.5, 0.6) is 28.7 Å². The van der Waals surface area contributed by atoms with Crippen LogP contribution in [-0.2, 0) is 17.9 Å². The first kappa shape index (κ1) is 24.8. The van der Waals surface area contributed by atoms with Gasteiger partial charge >= 0.3 is 0 Å². The number of benzene rings is 3. The van der Waals surface area contributed by atoms with Crippen molar-refractivity contribution in [1.82, 2.24) is 4.57 Å². The molecule has 4 aromatic rings. The first-order valence-electron chi connectivity index (χ1n) is 11.4. The van der Waals surface area contributed by atoms with Gasteiger partial charge in [0.25, 0.3) is 0 Å². The molecule has 3 aromatic carbocycles. The number of hydrogen-bond donors (Lipinski definition) is 0. The Kier molecular flexibility index (Phi) is 7.53. The minimum atomic E-state index is -0.103. The second-order valence-electron chi connectivity index (χ2n) is 8.08. The molecule has 0 bridgehead atoms. The van der Waals surface area contributed by atoms with E-state index < -0.39 is 0 Å². The van der Waals surface area contributed by atoms with Crippen molar-refractivity contribution in [2.24, 2.45) is 0 Å². The van der Waals surface area contributed by atoms with Crippen molar-refractivity contribution in [3.05, 3.63) is 72.4 Å². The number of carbonyl (C=O) groups excluding carboxylic acids is 1. The van der Waals surface area contributed by atoms with Gasteiger partial charge in [0, 0.05) is 29.2 Å². The maximum atomic E-state index is 13.8. The predicted octanol–water partition coefficient (Wildman–Crippen LogP) is 4.92. The zero-order valence-corrected chi connectivity index (χ0v) is 21.1. The molecule has 8 heteroatoms. The van der Waals surface area contributed by atoms with Gasteiger partial charge in [0.2, 0.25) is 11.7 Å². The van der Waals surface area contributed by atoms with Crippen molar-refractivity contribution in [3.8, 4) is 28.7 Å². The molecule has 36 heavy (non-hydrogen) atoms. The molecule has 0 saturated heterocycles. The number of anilines is 1. The standard InChI is InChI=1S/C28H30N2O6/c1-32-22-8-6-19(7-9-22)17-30(21-15-25(34-3)28(36-5)26(16-21)35-4)27(31)18-29-13-12-20-14-23(33-2)10-11-24(20)29/h6-16H,17-18H2,1-5H3. The summed E-state index contributed by atoms with van der Waals surface area (Å²) in [7, 11) is 7.91. The number of nitrogens with zero attached hydrogens (tertiary/aromatic N) is 2. The SMILES string of the molecule is COc1ccc(CN(C(=O)Cn2ccc3cc(OC)ccc32)c2cc(OC)c(OC)c(OC)c2)cc1. The van der Waals surface area contributed by atoms with Crippen LogP contribution < -0.4 is 28.6 Å². The Hall–Kier alpha value is -4.33. The van der Waals surface area contributed by atoms with E-state index in [0.717, 1.165) is 28.0 Å². The lowest BCUT2D eigenvalue weighted by molar-refractivity contribution is -0.119. The van der Waals surface area contributed by atoms with Crippen molar-refractivity contribution in [2.75, 3.05) is 40.4 Å². The molecule has 1 amide bonds. The number of aromatic nitrogens is 1. The molecule has 0 fully saturated rings. The molecule has 1 heterocycles. The van der Waals surface area contributed by atoms with E-state index in [1.807, 2.05) is 59.3 Å². The topological polar surface area (TPSA) is 71.4 Å². The van der Waals surface area contributed by atoms with E-state index in [0.29, 0.717) is 29.5 Å². The van der Waals surface area contributed by atoms with E-state index in [-0.39, 0.29) is 12.5 Å². The van der Waals surface area contributed by atoms with E-state index in [9.17, 15) is 4.79 Å². The van der Waals surface area contributed by atoms with Gasteiger partial charge in [0.05, 0.1) is 47.8 Å². The Labute approximate surface area is 210 Å². The highest BCUT2D eigenvalue weighted by molar-refractivity contribution is 5.95. The number of hydrogen-bond acceptors (Lipinski definition) is 6. The zero-order valence-electron chi connectivity index (χ0n) is 21.1. The Balaban J connectivity index is 1.73. The minimum absolute atomic E-state index is 0.103. The Bertz CT molecular complexity index is 1320. The molecule has 0 saturated carbocycles. The van der Waals surface area contributed by atoms with E-state index in [4.69, 9.17) is 23.7 Å². The molecular weight excluding hydrogens is 460 g/mol. The molecular formula is C28H30N2O6. The molecule has 0 aliphatic heterocycles. The summed E-state index contributed by atoms with van der Waals surface area (Å²) in [5.41, 5.74) is 2.52. The predicted molar refractivity (Wildman–Crippen MR) is 139 cm³/mol. The summed E-state index contributed by atoms with van der Waals surface area (Å²) in [6.45, 7) is 0.483. The molecule has 8 nitrogen and oxygen atoms in total. The van der Waals surface area contributed by atoms with Gasteiger partial charge in [-0.15, -0.1) is 0 Å². The second kappa shape index (κ2) is 10.9. The maximum Gasteiger partial charge on any atom is 0.247 e. The molecule has 0 N–H and O–H groups in total. The van der Waals surface area contributed by atoms with Crippen LogP contribution in [0.15, 0.2) is 66.9 Å². The minimum Gasteiger partial charge on any atom is -0.497 e. The van der Waals surface area contributed by atoms with Gasteiger partial charge in [-0.1, -0.05) is 12.1 Å². The van der Waals surface area contributed by atoms with E-state index in [1.165, 1.54) is 0 Å². The van der Waals surface area contributed by atoms with Gasteiger partial charge in [-0.3, -0.25) is 4.79 Å². The lowest BCUT2D eigenvalue weighted by Crippen LogP contribution is -2.33. The van der Waals surface area contributed by atoms with Crippen molar-refractivity contribution < 1.29 is 28.5 Å².